The average molecular weight is 332 g/mol. The Morgan fingerprint density at radius 3 is 2.62 bits per heavy atom. The highest BCUT2D eigenvalue weighted by atomic mass is 16.2. The summed E-state index contributed by atoms with van der Waals surface area (Å²) in [6.45, 7) is 7.12. The molecule has 0 radical (unpaired) electrons. The number of carbonyl (C=O) groups excluding carboxylic acids is 1. The highest BCUT2D eigenvalue weighted by Gasteiger charge is 2.28. The highest BCUT2D eigenvalue weighted by molar-refractivity contribution is 5.95. The first kappa shape index (κ1) is 17.5. The molecule has 4 heteroatoms. The number of nitrogens with one attached hydrogen (secondary N) is 1. The van der Waals surface area contributed by atoms with Crippen LogP contribution in [0.4, 0.5) is 0 Å². The lowest BCUT2D eigenvalue weighted by molar-refractivity contribution is 0.0673. The number of nitrogens with zero attached hydrogens (tertiary/aromatic N) is 2. The summed E-state index contributed by atoms with van der Waals surface area (Å²) in [6, 6.07) is 2.73. The van der Waals surface area contributed by atoms with E-state index in [9.17, 15) is 4.79 Å². The average Bonchev–Trinajstić information content (AvgIpc) is 2.90. The molecule has 24 heavy (non-hydrogen) atoms. The maximum atomic E-state index is 13.1. The standard InChI is InChI=1S/C20H33N3O/c1-15-12-19(16(2)23(15)18-9-5-4-6-10-18)20(24)22-11-7-8-17(14-22)13-21-3/h12,17-18,21H,4-11,13-14H2,1-3H3. The second kappa shape index (κ2) is 7.73. The first-order valence-corrected chi connectivity index (χ1v) is 9.74. The molecule has 4 nitrogen and oxygen atoms in total. The van der Waals surface area contributed by atoms with E-state index in [0.717, 1.165) is 31.6 Å². The molecule has 0 aromatic carbocycles. The summed E-state index contributed by atoms with van der Waals surface area (Å²) in [5, 5.41) is 3.26. The van der Waals surface area contributed by atoms with Gasteiger partial charge in [0.1, 0.15) is 0 Å². The predicted octanol–water partition coefficient (Wildman–Crippen LogP) is 3.68. The minimum atomic E-state index is 0.242. The van der Waals surface area contributed by atoms with Crippen molar-refractivity contribution in [2.24, 2.45) is 5.92 Å². The summed E-state index contributed by atoms with van der Waals surface area (Å²) < 4.78 is 2.45. The van der Waals surface area contributed by atoms with Crippen LogP contribution >= 0.6 is 0 Å². The fourth-order valence-electron chi connectivity index (χ4n) is 4.77. The minimum absolute atomic E-state index is 0.242. The predicted molar refractivity (Wildman–Crippen MR) is 98.6 cm³/mol. The summed E-state index contributed by atoms with van der Waals surface area (Å²) in [6.07, 6.45) is 8.88. The molecular weight excluding hydrogens is 298 g/mol. The number of likely N-dealkylation sites (tertiary alicyclic amines) is 1. The number of aryl methyl sites for hydroxylation is 1. The molecular formula is C20H33N3O. The van der Waals surface area contributed by atoms with Crippen LogP contribution in [-0.4, -0.2) is 42.1 Å². The van der Waals surface area contributed by atoms with Crippen LogP contribution in [0.15, 0.2) is 6.07 Å². The van der Waals surface area contributed by atoms with Crippen LogP contribution in [-0.2, 0) is 0 Å². The molecule has 1 N–H and O–H groups in total. The molecule has 1 atom stereocenters. The van der Waals surface area contributed by atoms with Crippen molar-refractivity contribution in [1.29, 1.82) is 0 Å². The molecule has 1 aliphatic heterocycles. The molecule has 0 spiro atoms. The summed E-state index contributed by atoms with van der Waals surface area (Å²) >= 11 is 0. The molecule has 134 valence electrons. The van der Waals surface area contributed by atoms with Gasteiger partial charge in [-0.3, -0.25) is 4.79 Å². The molecule has 2 aliphatic rings. The van der Waals surface area contributed by atoms with Gasteiger partial charge in [-0.1, -0.05) is 19.3 Å². The van der Waals surface area contributed by atoms with E-state index >= 15 is 0 Å². The molecule has 3 rings (SSSR count). The van der Waals surface area contributed by atoms with Crippen LogP contribution < -0.4 is 5.32 Å². The van der Waals surface area contributed by atoms with Gasteiger partial charge in [-0.25, -0.2) is 0 Å². The van der Waals surface area contributed by atoms with E-state index in [1.165, 1.54) is 49.9 Å². The Morgan fingerprint density at radius 1 is 1.17 bits per heavy atom. The maximum Gasteiger partial charge on any atom is 0.255 e. The number of amides is 1. The molecule has 2 heterocycles. The first-order valence-electron chi connectivity index (χ1n) is 9.74. The van der Waals surface area contributed by atoms with Crippen molar-refractivity contribution in [3.05, 3.63) is 23.0 Å². The quantitative estimate of drug-likeness (QED) is 0.914. The van der Waals surface area contributed by atoms with Gasteiger partial charge in [0.25, 0.3) is 5.91 Å². The second-order valence-corrected chi connectivity index (χ2v) is 7.76. The third-order valence-corrected chi connectivity index (χ3v) is 5.95. The minimum Gasteiger partial charge on any atom is -0.345 e. The molecule has 1 aromatic rings. The van der Waals surface area contributed by atoms with Crippen molar-refractivity contribution in [2.45, 2.75) is 64.8 Å². The Labute approximate surface area is 146 Å². The number of hydrogen-bond acceptors (Lipinski definition) is 2. The van der Waals surface area contributed by atoms with Gasteiger partial charge >= 0.3 is 0 Å². The number of hydrogen-bond donors (Lipinski definition) is 1. The third-order valence-electron chi connectivity index (χ3n) is 5.95. The lowest BCUT2D eigenvalue weighted by Gasteiger charge is -2.33. The van der Waals surface area contributed by atoms with Crippen molar-refractivity contribution in [1.82, 2.24) is 14.8 Å². The van der Waals surface area contributed by atoms with Crippen molar-refractivity contribution in [3.8, 4) is 0 Å². The van der Waals surface area contributed by atoms with Gasteiger partial charge in [-0.05, 0) is 65.1 Å². The van der Waals surface area contributed by atoms with Gasteiger partial charge in [-0.15, -0.1) is 0 Å². The highest BCUT2D eigenvalue weighted by Crippen LogP contribution is 2.32. The fraction of sp³-hybridized carbons (Fsp3) is 0.750. The molecule has 1 amide bonds. The lowest BCUT2D eigenvalue weighted by atomic mass is 9.95. The largest absolute Gasteiger partial charge is 0.345 e. The fourth-order valence-corrected chi connectivity index (χ4v) is 4.77. The lowest BCUT2D eigenvalue weighted by Crippen LogP contribution is -2.42. The van der Waals surface area contributed by atoms with Gasteiger partial charge in [0.15, 0.2) is 0 Å². The van der Waals surface area contributed by atoms with Gasteiger partial charge in [0, 0.05) is 30.5 Å². The topological polar surface area (TPSA) is 37.3 Å². The van der Waals surface area contributed by atoms with E-state index in [0.29, 0.717) is 12.0 Å². The maximum absolute atomic E-state index is 13.1. The number of rotatable bonds is 4. The summed E-state index contributed by atoms with van der Waals surface area (Å²) in [4.78, 5) is 15.2. The zero-order valence-electron chi connectivity index (χ0n) is 15.6. The molecule has 1 saturated carbocycles. The van der Waals surface area contributed by atoms with Crippen LogP contribution in [0.25, 0.3) is 0 Å². The summed E-state index contributed by atoms with van der Waals surface area (Å²) in [5.74, 6) is 0.834. The van der Waals surface area contributed by atoms with E-state index in [1.807, 2.05) is 7.05 Å². The molecule has 2 fully saturated rings. The van der Waals surface area contributed by atoms with E-state index < -0.39 is 0 Å². The first-order chi connectivity index (χ1) is 11.6. The monoisotopic (exact) mass is 331 g/mol. The van der Waals surface area contributed by atoms with Crippen LogP contribution in [0.3, 0.4) is 0 Å². The molecule has 1 aliphatic carbocycles. The zero-order valence-corrected chi connectivity index (χ0v) is 15.6. The van der Waals surface area contributed by atoms with E-state index in [4.69, 9.17) is 0 Å². The Morgan fingerprint density at radius 2 is 1.92 bits per heavy atom. The Kier molecular flexibility index (Phi) is 5.65. The summed E-state index contributed by atoms with van der Waals surface area (Å²) in [7, 11) is 2.00. The van der Waals surface area contributed by atoms with E-state index in [-0.39, 0.29) is 5.91 Å². The molecule has 1 saturated heterocycles. The van der Waals surface area contributed by atoms with E-state index in [2.05, 4.69) is 34.7 Å². The molecule has 1 aromatic heterocycles. The van der Waals surface area contributed by atoms with Gasteiger partial charge in [-0.2, -0.15) is 0 Å². The normalized spacial score (nSPS) is 22.8. The third kappa shape index (κ3) is 3.53. The SMILES string of the molecule is CNCC1CCCN(C(=O)c2cc(C)n(C3CCCCC3)c2C)C1. The van der Waals surface area contributed by atoms with Crippen LogP contribution in [0, 0.1) is 19.8 Å². The Bertz CT molecular complexity index is 570. The molecule has 1 unspecified atom stereocenters. The zero-order chi connectivity index (χ0) is 17.1. The van der Waals surface area contributed by atoms with Crippen molar-refractivity contribution >= 4 is 5.91 Å². The Balaban J connectivity index is 1.77. The van der Waals surface area contributed by atoms with Crippen LogP contribution in [0.2, 0.25) is 0 Å². The smallest absolute Gasteiger partial charge is 0.255 e. The van der Waals surface area contributed by atoms with Crippen LogP contribution in [0.1, 0.15) is 72.7 Å². The van der Waals surface area contributed by atoms with Gasteiger partial charge in [0.05, 0.1) is 5.56 Å². The van der Waals surface area contributed by atoms with Crippen molar-refractivity contribution in [3.63, 3.8) is 0 Å². The van der Waals surface area contributed by atoms with Gasteiger partial charge in [0.2, 0.25) is 0 Å². The molecule has 0 bridgehead atoms. The summed E-state index contributed by atoms with van der Waals surface area (Å²) in [5.41, 5.74) is 3.37. The van der Waals surface area contributed by atoms with Crippen LogP contribution in [0.5, 0.6) is 0 Å². The second-order valence-electron chi connectivity index (χ2n) is 7.76. The van der Waals surface area contributed by atoms with Crippen molar-refractivity contribution < 1.29 is 4.79 Å². The number of piperidine rings is 1. The van der Waals surface area contributed by atoms with Crippen molar-refractivity contribution in [2.75, 3.05) is 26.7 Å². The number of aromatic nitrogens is 1. The van der Waals surface area contributed by atoms with E-state index in [1.54, 1.807) is 0 Å². The van der Waals surface area contributed by atoms with Gasteiger partial charge < -0.3 is 14.8 Å². The Hall–Kier alpha value is -1.29. The number of carbonyl (C=O) groups is 1.